The SMILES string of the molecule is COc1ccc(CN2CCOC(c3ccc(F)cc3)C2)cc1. The molecule has 22 heavy (non-hydrogen) atoms. The zero-order valence-corrected chi connectivity index (χ0v) is 12.7. The summed E-state index contributed by atoms with van der Waals surface area (Å²) in [5.41, 5.74) is 2.28. The molecule has 0 aliphatic carbocycles. The number of morpholine rings is 1. The van der Waals surface area contributed by atoms with Gasteiger partial charge in [-0.15, -0.1) is 0 Å². The molecule has 0 N–H and O–H groups in total. The average molecular weight is 301 g/mol. The lowest BCUT2D eigenvalue weighted by Crippen LogP contribution is -2.37. The van der Waals surface area contributed by atoms with E-state index in [-0.39, 0.29) is 11.9 Å². The Bertz CT molecular complexity index is 597. The summed E-state index contributed by atoms with van der Waals surface area (Å²) in [6, 6.07) is 14.7. The highest BCUT2D eigenvalue weighted by molar-refractivity contribution is 5.27. The lowest BCUT2D eigenvalue weighted by Gasteiger charge is -2.33. The molecule has 0 aromatic heterocycles. The van der Waals surface area contributed by atoms with Gasteiger partial charge in [0.05, 0.1) is 19.8 Å². The van der Waals surface area contributed by atoms with Crippen molar-refractivity contribution in [2.75, 3.05) is 26.8 Å². The minimum Gasteiger partial charge on any atom is -0.497 e. The van der Waals surface area contributed by atoms with Crippen LogP contribution in [0.3, 0.4) is 0 Å². The van der Waals surface area contributed by atoms with Gasteiger partial charge in [0.1, 0.15) is 11.6 Å². The molecule has 3 nitrogen and oxygen atoms in total. The summed E-state index contributed by atoms with van der Waals surface area (Å²) in [6.07, 6.45) is 0.00704. The highest BCUT2D eigenvalue weighted by Crippen LogP contribution is 2.24. The average Bonchev–Trinajstić information content (AvgIpc) is 2.56. The molecule has 1 saturated heterocycles. The molecule has 2 aromatic rings. The summed E-state index contributed by atoms with van der Waals surface area (Å²) in [4.78, 5) is 2.36. The third kappa shape index (κ3) is 3.64. The zero-order valence-electron chi connectivity index (χ0n) is 12.7. The van der Waals surface area contributed by atoms with Crippen LogP contribution in [0.25, 0.3) is 0 Å². The summed E-state index contributed by atoms with van der Waals surface area (Å²) < 4.78 is 24.0. The molecule has 3 rings (SSSR count). The van der Waals surface area contributed by atoms with Crippen LogP contribution in [-0.4, -0.2) is 31.7 Å². The van der Waals surface area contributed by atoms with Crippen LogP contribution < -0.4 is 4.74 Å². The van der Waals surface area contributed by atoms with Crippen molar-refractivity contribution in [2.24, 2.45) is 0 Å². The molecule has 1 fully saturated rings. The molecular weight excluding hydrogens is 281 g/mol. The van der Waals surface area contributed by atoms with Crippen LogP contribution in [0.5, 0.6) is 5.75 Å². The molecule has 116 valence electrons. The maximum Gasteiger partial charge on any atom is 0.123 e. The van der Waals surface area contributed by atoms with E-state index in [4.69, 9.17) is 9.47 Å². The molecule has 1 heterocycles. The van der Waals surface area contributed by atoms with Crippen molar-refractivity contribution < 1.29 is 13.9 Å². The molecule has 1 unspecified atom stereocenters. The molecule has 0 radical (unpaired) electrons. The molecule has 0 spiro atoms. The largest absolute Gasteiger partial charge is 0.497 e. The van der Waals surface area contributed by atoms with E-state index in [0.29, 0.717) is 6.61 Å². The van der Waals surface area contributed by atoms with E-state index in [9.17, 15) is 4.39 Å². The standard InChI is InChI=1S/C18H20FNO2/c1-21-17-8-2-14(3-9-17)12-20-10-11-22-18(13-20)15-4-6-16(19)7-5-15/h2-9,18H,10-13H2,1H3. The van der Waals surface area contributed by atoms with Gasteiger partial charge in [0, 0.05) is 19.6 Å². The van der Waals surface area contributed by atoms with Gasteiger partial charge < -0.3 is 9.47 Å². The van der Waals surface area contributed by atoms with Gasteiger partial charge in [-0.2, -0.15) is 0 Å². The number of nitrogens with zero attached hydrogens (tertiary/aromatic N) is 1. The van der Waals surface area contributed by atoms with Crippen molar-refractivity contribution in [2.45, 2.75) is 12.6 Å². The van der Waals surface area contributed by atoms with Gasteiger partial charge in [0.15, 0.2) is 0 Å². The highest BCUT2D eigenvalue weighted by Gasteiger charge is 2.22. The van der Waals surface area contributed by atoms with Gasteiger partial charge in [0.2, 0.25) is 0 Å². The van der Waals surface area contributed by atoms with Crippen molar-refractivity contribution in [3.05, 3.63) is 65.5 Å². The first kappa shape index (κ1) is 15.0. The summed E-state index contributed by atoms with van der Waals surface area (Å²) in [5.74, 6) is 0.657. The van der Waals surface area contributed by atoms with Crippen LogP contribution in [0.4, 0.5) is 4.39 Å². The van der Waals surface area contributed by atoms with Gasteiger partial charge in [-0.3, -0.25) is 4.90 Å². The number of benzene rings is 2. The van der Waals surface area contributed by atoms with E-state index in [1.807, 2.05) is 12.1 Å². The van der Waals surface area contributed by atoms with E-state index >= 15 is 0 Å². The van der Waals surface area contributed by atoms with Gasteiger partial charge in [-0.05, 0) is 35.4 Å². The molecule has 1 atom stereocenters. The highest BCUT2D eigenvalue weighted by atomic mass is 19.1. The predicted molar refractivity (Wildman–Crippen MR) is 83.4 cm³/mol. The first-order valence-corrected chi connectivity index (χ1v) is 7.47. The maximum absolute atomic E-state index is 13.0. The summed E-state index contributed by atoms with van der Waals surface area (Å²) in [7, 11) is 1.67. The number of rotatable bonds is 4. The second kappa shape index (κ2) is 6.90. The molecule has 0 saturated carbocycles. The van der Waals surface area contributed by atoms with Gasteiger partial charge in [0.25, 0.3) is 0 Å². The second-order valence-corrected chi connectivity index (χ2v) is 5.49. The number of hydrogen-bond donors (Lipinski definition) is 0. The van der Waals surface area contributed by atoms with E-state index in [0.717, 1.165) is 30.9 Å². The quantitative estimate of drug-likeness (QED) is 0.864. The summed E-state index contributed by atoms with van der Waals surface area (Å²) >= 11 is 0. The molecule has 1 aliphatic heterocycles. The number of methoxy groups -OCH3 is 1. The zero-order chi connectivity index (χ0) is 15.4. The number of ether oxygens (including phenoxy) is 2. The molecule has 0 amide bonds. The Kier molecular flexibility index (Phi) is 4.71. The topological polar surface area (TPSA) is 21.7 Å². The van der Waals surface area contributed by atoms with E-state index < -0.39 is 0 Å². The molecule has 4 heteroatoms. The molecule has 0 bridgehead atoms. The smallest absolute Gasteiger partial charge is 0.123 e. The lowest BCUT2D eigenvalue weighted by atomic mass is 10.1. The number of halogens is 1. The van der Waals surface area contributed by atoms with Gasteiger partial charge in [-0.25, -0.2) is 4.39 Å². The Morgan fingerprint density at radius 1 is 1.14 bits per heavy atom. The number of hydrogen-bond acceptors (Lipinski definition) is 3. The Balaban J connectivity index is 1.63. The Hall–Kier alpha value is -1.91. The fourth-order valence-electron chi connectivity index (χ4n) is 2.71. The molecular formula is C18H20FNO2. The first-order chi connectivity index (χ1) is 10.7. The summed E-state index contributed by atoms with van der Waals surface area (Å²) in [6.45, 7) is 3.30. The fourth-order valence-corrected chi connectivity index (χ4v) is 2.71. The van der Waals surface area contributed by atoms with E-state index in [1.165, 1.54) is 17.7 Å². The van der Waals surface area contributed by atoms with Crippen molar-refractivity contribution in [1.29, 1.82) is 0 Å². The first-order valence-electron chi connectivity index (χ1n) is 7.47. The molecule has 1 aliphatic rings. The van der Waals surface area contributed by atoms with Crippen LogP contribution in [0.15, 0.2) is 48.5 Å². The van der Waals surface area contributed by atoms with Crippen LogP contribution in [0.1, 0.15) is 17.2 Å². The third-order valence-electron chi connectivity index (χ3n) is 3.96. The third-order valence-corrected chi connectivity index (χ3v) is 3.96. The maximum atomic E-state index is 13.0. The van der Waals surface area contributed by atoms with Crippen molar-refractivity contribution in [3.8, 4) is 5.75 Å². The molecule has 2 aromatic carbocycles. The normalized spacial score (nSPS) is 19.1. The summed E-state index contributed by atoms with van der Waals surface area (Å²) in [5, 5.41) is 0. The second-order valence-electron chi connectivity index (χ2n) is 5.49. The fraction of sp³-hybridized carbons (Fsp3) is 0.333. The van der Waals surface area contributed by atoms with Crippen molar-refractivity contribution in [1.82, 2.24) is 4.90 Å². The minimum atomic E-state index is -0.213. The van der Waals surface area contributed by atoms with Crippen molar-refractivity contribution in [3.63, 3.8) is 0 Å². The van der Waals surface area contributed by atoms with Gasteiger partial charge in [-0.1, -0.05) is 24.3 Å². The van der Waals surface area contributed by atoms with Crippen LogP contribution in [-0.2, 0) is 11.3 Å². The van der Waals surface area contributed by atoms with E-state index in [2.05, 4.69) is 17.0 Å². The van der Waals surface area contributed by atoms with E-state index in [1.54, 1.807) is 19.2 Å². The van der Waals surface area contributed by atoms with Crippen LogP contribution in [0.2, 0.25) is 0 Å². The van der Waals surface area contributed by atoms with Gasteiger partial charge >= 0.3 is 0 Å². The van der Waals surface area contributed by atoms with Crippen LogP contribution in [0, 0.1) is 5.82 Å². The Morgan fingerprint density at radius 2 is 1.86 bits per heavy atom. The van der Waals surface area contributed by atoms with Crippen molar-refractivity contribution >= 4 is 0 Å². The lowest BCUT2D eigenvalue weighted by molar-refractivity contribution is -0.0329. The predicted octanol–water partition coefficient (Wildman–Crippen LogP) is 3.41. The monoisotopic (exact) mass is 301 g/mol. The minimum absolute atomic E-state index is 0.00704. The van der Waals surface area contributed by atoms with Crippen LogP contribution >= 0.6 is 0 Å². The Morgan fingerprint density at radius 3 is 2.55 bits per heavy atom. The Labute approximate surface area is 130 Å².